The summed E-state index contributed by atoms with van der Waals surface area (Å²) in [6.45, 7) is 3.19. The summed E-state index contributed by atoms with van der Waals surface area (Å²) < 4.78 is 11.0. The van der Waals surface area contributed by atoms with Gasteiger partial charge in [-0.1, -0.05) is 12.1 Å². The van der Waals surface area contributed by atoms with Gasteiger partial charge in [0.05, 0.1) is 19.3 Å². The van der Waals surface area contributed by atoms with Crippen LogP contribution in [0.5, 0.6) is 5.75 Å². The fraction of sp³-hybridized carbons (Fsp3) is 0.500. The molecule has 0 spiro atoms. The van der Waals surface area contributed by atoms with Gasteiger partial charge in [-0.3, -0.25) is 0 Å². The van der Waals surface area contributed by atoms with Crippen LogP contribution in [0.25, 0.3) is 0 Å². The lowest BCUT2D eigenvalue weighted by Crippen LogP contribution is -2.15. The predicted molar refractivity (Wildman–Crippen MR) is 56.9 cm³/mol. The molecule has 3 nitrogen and oxygen atoms in total. The second-order valence-electron chi connectivity index (χ2n) is 3.85. The van der Waals surface area contributed by atoms with Gasteiger partial charge in [-0.2, -0.15) is 0 Å². The maximum atomic E-state index is 9.43. The van der Waals surface area contributed by atoms with Gasteiger partial charge < -0.3 is 14.6 Å². The Morgan fingerprint density at radius 1 is 1.53 bits per heavy atom. The van der Waals surface area contributed by atoms with E-state index in [9.17, 15) is 5.11 Å². The highest BCUT2D eigenvalue weighted by Gasteiger charge is 2.17. The molecule has 1 unspecified atom stereocenters. The summed E-state index contributed by atoms with van der Waals surface area (Å²) in [5, 5.41) is 9.43. The molecule has 1 aromatic carbocycles. The minimum atomic E-state index is -0.451. The van der Waals surface area contributed by atoms with Crippen molar-refractivity contribution in [2.24, 2.45) is 0 Å². The Bertz CT molecular complexity index is 316. The number of rotatable bonds is 3. The van der Waals surface area contributed by atoms with Crippen molar-refractivity contribution >= 4 is 0 Å². The van der Waals surface area contributed by atoms with E-state index in [1.54, 1.807) is 6.92 Å². The van der Waals surface area contributed by atoms with Gasteiger partial charge in [0.15, 0.2) is 0 Å². The molecule has 0 aromatic heterocycles. The zero-order chi connectivity index (χ0) is 10.7. The standard InChI is InChI=1S/C12H16O3/c1-9(13)10-3-2-4-11(7-10)15-12-5-6-14-8-12/h2-4,7,9,12-13H,5-6,8H2,1H3/t9-,12?/m1/s1. The van der Waals surface area contributed by atoms with Crippen LogP contribution in [0, 0.1) is 0 Å². The fourth-order valence-corrected chi connectivity index (χ4v) is 1.65. The van der Waals surface area contributed by atoms with Crippen molar-refractivity contribution in [1.29, 1.82) is 0 Å². The van der Waals surface area contributed by atoms with Crippen LogP contribution in [0.4, 0.5) is 0 Å². The number of aliphatic hydroxyl groups excluding tert-OH is 1. The molecule has 3 heteroatoms. The lowest BCUT2D eigenvalue weighted by atomic mass is 10.1. The molecule has 1 heterocycles. The van der Waals surface area contributed by atoms with Gasteiger partial charge in [-0.25, -0.2) is 0 Å². The quantitative estimate of drug-likeness (QED) is 0.824. The summed E-state index contributed by atoms with van der Waals surface area (Å²) in [5.41, 5.74) is 0.881. The van der Waals surface area contributed by atoms with E-state index >= 15 is 0 Å². The first-order valence-electron chi connectivity index (χ1n) is 5.28. The van der Waals surface area contributed by atoms with E-state index < -0.39 is 6.10 Å². The fourth-order valence-electron chi connectivity index (χ4n) is 1.65. The van der Waals surface area contributed by atoms with Gasteiger partial charge in [0.1, 0.15) is 11.9 Å². The third kappa shape index (κ3) is 2.70. The van der Waals surface area contributed by atoms with Gasteiger partial charge >= 0.3 is 0 Å². The SMILES string of the molecule is C[C@@H](O)c1cccc(OC2CCOC2)c1. The van der Waals surface area contributed by atoms with Crippen molar-refractivity contribution in [3.63, 3.8) is 0 Å². The smallest absolute Gasteiger partial charge is 0.124 e. The van der Waals surface area contributed by atoms with E-state index in [1.807, 2.05) is 24.3 Å². The average molecular weight is 208 g/mol. The normalized spacial score (nSPS) is 22.7. The molecule has 1 aliphatic heterocycles. The summed E-state index contributed by atoms with van der Waals surface area (Å²) in [7, 11) is 0. The molecule has 1 fully saturated rings. The molecule has 1 aromatic rings. The second kappa shape index (κ2) is 4.64. The third-order valence-corrected chi connectivity index (χ3v) is 2.53. The number of aliphatic hydroxyl groups is 1. The topological polar surface area (TPSA) is 38.7 Å². The summed E-state index contributed by atoms with van der Waals surface area (Å²) in [6, 6.07) is 7.57. The lowest BCUT2D eigenvalue weighted by Gasteiger charge is -2.13. The Labute approximate surface area is 89.6 Å². The highest BCUT2D eigenvalue weighted by Crippen LogP contribution is 2.21. The van der Waals surface area contributed by atoms with E-state index in [0.29, 0.717) is 6.61 Å². The highest BCUT2D eigenvalue weighted by molar-refractivity contribution is 5.29. The van der Waals surface area contributed by atoms with Crippen LogP contribution in [0.15, 0.2) is 24.3 Å². The van der Waals surface area contributed by atoms with Gasteiger partial charge in [0.25, 0.3) is 0 Å². The lowest BCUT2D eigenvalue weighted by molar-refractivity contribution is 0.141. The summed E-state index contributed by atoms with van der Waals surface area (Å²) in [5.74, 6) is 0.809. The monoisotopic (exact) mass is 208 g/mol. The molecule has 15 heavy (non-hydrogen) atoms. The zero-order valence-electron chi connectivity index (χ0n) is 8.85. The Hall–Kier alpha value is -1.06. The predicted octanol–water partition coefficient (Wildman–Crippen LogP) is 1.91. The molecular formula is C12H16O3. The Morgan fingerprint density at radius 3 is 3.07 bits per heavy atom. The van der Waals surface area contributed by atoms with Crippen LogP contribution in [-0.2, 0) is 4.74 Å². The number of hydrogen-bond donors (Lipinski definition) is 1. The zero-order valence-corrected chi connectivity index (χ0v) is 8.85. The first kappa shape index (κ1) is 10.5. The van der Waals surface area contributed by atoms with Crippen molar-refractivity contribution in [2.75, 3.05) is 13.2 Å². The minimum absolute atomic E-state index is 0.161. The van der Waals surface area contributed by atoms with E-state index in [2.05, 4.69) is 0 Å². The Balaban J connectivity index is 2.04. The molecule has 1 saturated heterocycles. The first-order valence-corrected chi connectivity index (χ1v) is 5.28. The molecule has 1 N–H and O–H groups in total. The molecule has 0 bridgehead atoms. The van der Waals surface area contributed by atoms with Crippen LogP contribution in [0.2, 0.25) is 0 Å². The third-order valence-electron chi connectivity index (χ3n) is 2.53. The molecular weight excluding hydrogens is 192 g/mol. The van der Waals surface area contributed by atoms with Gasteiger partial charge in [0.2, 0.25) is 0 Å². The van der Waals surface area contributed by atoms with Crippen molar-refractivity contribution in [2.45, 2.75) is 25.6 Å². The molecule has 2 atom stereocenters. The Morgan fingerprint density at radius 2 is 2.40 bits per heavy atom. The molecule has 82 valence electrons. The molecule has 2 rings (SSSR count). The number of hydrogen-bond acceptors (Lipinski definition) is 3. The van der Waals surface area contributed by atoms with Crippen molar-refractivity contribution in [1.82, 2.24) is 0 Å². The summed E-state index contributed by atoms with van der Waals surface area (Å²) in [4.78, 5) is 0. The largest absolute Gasteiger partial charge is 0.488 e. The van der Waals surface area contributed by atoms with Gasteiger partial charge in [-0.05, 0) is 24.6 Å². The molecule has 0 saturated carbocycles. The van der Waals surface area contributed by atoms with Crippen LogP contribution in [0.1, 0.15) is 25.0 Å². The summed E-state index contributed by atoms with van der Waals surface area (Å²) in [6.07, 6.45) is 0.654. The Kier molecular flexibility index (Phi) is 3.23. The van der Waals surface area contributed by atoms with Crippen molar-refractivity contribution < 1.29 is 14.6 Å². The average Bonchev–Trinajstić information content (AvgIpc) is 2.71. The maximum Gasteiger partial charge on any atom is 0.124 e. The van der Waals surface area contributed by atoms with E-state index in [-0.39, 0.29) is 6.10 Å². The molecule has 0 radical (unpaired) electrons. The van der Waals surface area contributed by atoms with Crippen molar-refractivity contribution in [3.8, 4) is 5.75 Å². The van der Waals surface area contributed by atoms with Gasteiger partial charge in [0, 0.05) is 6.42 Å². The van der Waals surface area contributed by atoms with E-state index in [1.165, 1.54) is 0 Å². The number of benzene rings is 1. The van der Waals surface area contributed by atoms with Crippen molar-refractivity contribution in [3.05, 3.63) is 29.8 Å². The van der Waals surface area contributed by atoms with Crippen LogP contribution in [0.3, 0.4) is 0 Å². The number of ether oxygens (including phenoxy) is 2. The minimum Gasteiger partial charge on any atom is -0.488 e. The van der Waals surface area contributed by atoms with E-state index in [0.717, 1.165) is 24.3 Å². The second-order valence-corrected chi connectivity index (χ2v) is 3.85. The molecule has 0 aliphatic carbocycles. The van der Waals surface area contributed by atoms with Crippen LogP contribution >= 0.6 is 0 Å². The van der Waals surface area contributed by atoms with Crippen LogP contribution in [-0.4, -0.2) is 24.4 Å². The van der Waals surface area contributed by atoms with E-state index in [4.69, 9.17) is 9.47 Å². The molecule has 0 amide bonds. The first-order chi connectivity index (χ1) is 7.25. The summed E-state index contributed by atoms with van der Waals surface area (Å²) >= 11 is 0. The van der Waals surface area contributed by atoms with Gasteiger partial charge in [-0.15, -0.1) is 0 Å². The maximum absolute atomic E-state index is 9.43. The molecule has 1 aliphatic rings. The highest BCUT2D eigenvalue weighted by atomic mass is 16.5. The van der Waals surface area contributed by atoms with Crippen LogP contribution < -0.4 is 4.74 Å².